The number of carboxylic acids is 1. The fourth-order valence-electron chi connectivity index (χ4n) is 2.09. The molecule has 18 heavy (non-hydrogen) atoms. The third kappa shape index (κ3) is 2.05. The molecule has 6 nitrogen and oxygen atoms in total. The summed E-state index contributed by atoms with van der Waals surface area (Å²) in [6, 6.07) is 0. The minimum atomic E-state index is -0.779. The van der Waals surface area contributed by atoms with Crippen molar-refractivity contribution < 1.29 is 9.90 Å². The van der Waals surface area contributed by atoms with Gasteiger partial charge in [0.25, 0.3) is 0 Å². The van der Waals surface area contributed by atoms with Gasteiger partial charge in [0.15, 0.2) is 5.65 Å². The Morgan fingerprint density at radius 2 is 2.17 bits per heavy atom. The molecule has 0 aliphatic carbocycles. The summed E-state index contributed by atoms with van der Waals surface area (Å²) >= 11 is 0. The first kappa shape index (κ1) is 12.5. The van der Waals surface area contributed by atoms with Crippen molar-refractivity contribution in [2.45, 2.75) is 33.1 Å². The van der Waals surface area contributed by atoms with E-state index in [4.69, 9.17) is 0 Å². The molecule has 0 radical (unpaired) electrons. The number of fused-ring (bicyclic) bond motifs is 1. The Bertz CT molecular complexity index is 527. The van der Waals surface area contributed by atoms with Gasteiger partial charge in [0, 0.05) is 6.42 Å². The summed E-state index contributed by atoms with van der Waals surface area (Å²) in [5.74, 6) is -0.129. The first-order valence-electron chi connectivity index (χ1n) is 5.99. The molecule has 0 fully saturated rings. The molecule has 0 aliphatic rings. The number of imidazole rings is 1. The Hall–Kier alpha value is -1.98. The molecule has 0 aliphatic heterocycles. The van der Waals surface area contributed by atoms with Crippen LogP contribution in [0.15, 0.2) is 12.5 Å². The lowest BCUT2D eigenvalue weighted by molar-refractivity contribution is -0.149. The first-order chi connectivity index (χ1) is 8.61. The van der Waals surface area contributed by atoms with Gasteiger partial charge in [-0.2, -0.15) is 0 Å². The van der Waals surface area contributed by atoms with E-state index in [0.29, 0.717) is 30.7 Å². The van der Waals surface area contributed by atoms with Gasteiger partial charge in [-0.3, -0.25) is 4.79 Å². The zero-order chi connectivity index (χ0) is 13.2. The van der Waals surface area contributed by atoms with E-state index in [0.717, 1.165) is 5.52 Å². The third-order valence-corrected chi connectivity index (χ3v) is 3.52. The lowest BCUT2D eigenvalue weighted by Gasteiger charge is -2.25. The maximum atomic E-state index is 11.4. The van der Waals surface area contributed by atoms with Crippen LogP contribution in [0.3, 0.4) is 0 Å². The molecule has 2 aromatic heterocycles. The molecule has 0 atom stereocenters. The molecule has 2 aromatic rings. The molecule has 0 amide bonds. The van der Waals surface area contributed by atoms with Gasteiger partial charge in [0.1, 0.15) is 17.7 Å². The van der Waals surface area contributed by atoms with Crippen molar-refractivity contribution in [2.75, 3.05) is 0 Å². The van der Waals surface area contributed by atoms with E-state index in [1.54, 1.807) is 6.20 Å². The number of aromatic amines is 1. The summed E-state index contributed by atoms with van der Waals surface area (Å²) in [5.41, 5.74) is 0.548. The summed E-state index contributed by atoms with van der Waals surface area (Å²) in [6.07, 6.45) is 4.59. The summed E-state index contributed by atoms with van der Waals surface area (Å²) in [6.45, 7) is 3.78. The maximum Gasteiger partial charge on any atom is 0.310 e. The summed E-state index contributed by atoms with van der Waals surface area (Å²) < 4.78 is 0. The molecule has 0 unspecified atom stereocenters. The molecule has 0 saturated carbocycles. The van der Waals surface area contributed by atoms with Crippen molar-refractivity contribution in [2.24, 2.45) is 5.41 Å². The van der Waals surface area contributed by atoms with Gasteiger partial charge in [-0.15, -0.1) is 0 Å². The van der Waals surface area contributed by atoms with Crippen molar-refractivity contribution in [3.63, 3.8) is 0 Å². The number of rotatable bonds is 5. The smallest absolute Gasteiger partial charge is 0.310 e. The highest BCUT2D eigenvalue weighted by atomic mass is 16.4. The predicted octanol–water partition coefficient (Wildman–Crippen LogP) is 1.79. The molecule has 0 saturated heterocycles. The molecule has 2 rings (SSSR count). The van der Waals surface area contributed by atoms with E-state index >= 15 is 0 Å². The van der Waals surface area contributed by atoms with Crippen LogP contribution in [0.5, 0.6) is 0 Å². The Balaban J connectivity index is 2.34. The van der Waals surface area contributed by atoms with Gasteiger partial charge in [-0.05, 0) is 12.8 Å². The standard InChI is InChI=1S/C12H16N4O2/c1-3-12(4-2,11(17)18)5-9-15-8-6-13-7-14-10(8)16-9/h6-7H,3-5H2,1-2H3,(H,17,18)(H,13,14,15,16). The molecule has 2 heterocycles. The summed E-state index contributed by atoms with van der Waals surface area (Å²) in [7, 11) is 0. The van der Waals surface area contributed by atoms with Crippen molar-refractivity contribution >= 4 is 17.1 Å². The molecule has 96 valence electrons. The Morgan fingerprint density at radius 3 is 2.72 bits per heavy atom. The fourth-order valence-corrected chi connectivity index (χ4v) is 2.09. The van der Waals surface area contributed by atoms with Crippen molar-refractivity contribution in [3.05, 3.63) is 18.3 Å². The van der Waals surface area contributed by atoms with Crippen LogP contribution in [-0.4, -0.2) is 31.0 Å². The first-order valence-corrected chi connectivity index (χ1v) is 5.99. The number of H-pyrrole nitrogens is 1. The highest BCUT2D eigenvalue weighted by molar-refractivity contribution is 5.75. The zero-order valence-electron chi connectivity index (χ0n) is 10.5. The minimum Gasteiger partial charge on any atom is -0.481 e. The van der Waals surface area contributed by atoms with E-state index in [1.165, 1.54) is 6.33 Å². The Labute approximate surface area is 104 Å². The van der Waals surface area contributed by atoms with Gasteiger partial charge in [0.05, 0.1) is 11.6 Å². The number of aliphatic carboxylic acids is 1. The summed E-state index contributed by atoms with van der Waals surface area (Å²) in [4.78, 5) is 26.7. The molecule has 0 aromatic carbocycles. The highest BCUT2D eigenvalue weighted by Gasteiger charge is 2.36. The second-order valence-corrected chi connectivity index (χ2v) is 4.41. The molecular weight excluding hydrogens is 232 g/mol. The monoisotopic (exact) mass is 248 g/mol. The van der Waals surface area contributed by atoms with Gasteiger partial charge < -0.3 is 10.1 Å². The normalized spacial score (nSPS) is 11.9. The van der Waals surface area contributed by atoms with Crippen molar-refractivity contribution in [3.8, 4) is 0 Å². The molecule has 6 heteroatoms. The van der Waals surface area contributed by atoms with E-state index < -0.39 is 11.4 Å². The second-order valence-electron chi connectivity index (χ2n) is 4.41. The number of hydrogen-bond donors (Lipinski definition) is 2. The van der Waals surface area contributed by atoms with Crippen LogP contribution in [0.25, 0.3) is 11.2 Å². The van der Waals surface area contributed by atoms with Gasteiger partial charge in [0.2, 0.25) is 0 Å². The van der Waals surface area contributed by atoms with Gasteiger partial charge in [-0.1, -0.05) is 13.8 Å². The van der Waals surface area contributed by atoms with E-state index in [-0.39, 0.29) is 0 Å². The van der Waals surface area contributed by atoms with E-state index in [9.17, 15) is 9.90 Å². The van der Waals surface area contributed by atoms with Crippen LogP contribution in [0.1, 0.15) is 32.5 Å². The van der Waals surface area contributed by atoms with Crippen LogP contribution in [0.2, 0.25) is 0 Å². The van der Waals surface area contributed by atoms with Crippen LogP contribution in [-0.2, 0) is 11.2 Å². The van der Waals surface area contributed by atoms with E-state index in [1.807, 2.05) is 13.8 Å². The van der Waals surface area contributed by atoms with Crippen molar-refractivity contribution in [1.29, 1.82) is 0 Å². The van der Waals surface area contributed by atoms with Gasteiger partial charge >= 0.3 is 5.97 Å². The number of nitrogens with zero attached hydrogens (tertiary/aromatic N) is 3. The number of carbonyl (C=O) groups is 1. The van der Waals surface area contributed by atoms with Gasteiger partial charge in [-0.25, -0.2) is 15.0 Å². The van der Waals surface area contributed by atoms with E-state index in [2.05, 4.69) is 19.9 Å². The Morgan fingerprint density at radius 1 is 1.44 bits per heavy atom. The number of nitrogens with one attached hydrogen (secondary N) is 1. The largest absolute Gasteiger partial charge is 0.481 e. The molecule has 2 N–H and O–H groups in total. The quantitative estimate of drug-likeness (QED) is 0.841. The maximum absolute atomic E-state index is 11.4. The zero-order valence-corrected chi connectivity index (χ0v) is 10.5. The molecular formula is C12H16N4O2. The SMILES string of the molecule is CCC(CC)(Cc1nc2ncncc2[nH]1)C(=O)O. The Kier molecular flexibility index (Phi) is 3.27. The topological polar surface area (TPSA) is 91.8 Å². The number of carboxylic acid groups (broad SMARTS) is 1. The third-order valence-electron chi connectivity index (χ3n) is 3.52. The number of aromatic nitrogens is 4. The highest BCUT2D eigenvalue weighted by Crippen LogP contribution is 2.30. The minimum absolute atomic E-state index is 0.381. The average molecular weight is 248 g/mol. The summed E-state index contributed by atoms with van der Waals surface area (Å²) in [5, 5.41) is 9.39. The second kappa shape index (κ2) is 4.72. The fraction of sp³-hybridized carbons (Fsp3) is 0.500. The van der Waals surface area contributed by atoms with Crippen LogP contribution >= 0.6 is 0 Å². The number of hydrogen-bond acceptors (Lipinski definition) is 4. The molecule has 0 bridgehead atoms. The lowest BCUT2D eigenvalue weighted by atomic mass is 9.79. The van der Waals surface area contributed by atoms with Crippen LogP contribution in [0.4, 0.5) is 0 Å². The van der Waals surface area contributed by atoms with Crippen LogP contribution < -0.4 is 0 Å². The predicted molar refractivity (Wildman–Crippen MR) is 66.0 cm³/mol. The van der Waals surface area contributed by atoms with Crippen molar-refractivity contribution in [1.82, 2.24) is 19.9 Å². The van der Waals surface area contributed by atoms with Crippen LogP contribution in [0, 0.1) is 5.41 Å². The average Bonchev–Trinajstić information content (AvgIpc) is 2.77. The molecule has 0 spiro atoms. The lowest BCUT2D eigenvalue weighted by Crippen LogP contribution is -2.32.